The minimum absolute atomic E-state index is 0.160. The zero-order chi connectivity index (χ0) is 16.0. The van der Waals surface area contributed by atoms with E-state index in [4.69, 9.17) is 16.9 Å². The van der Waals surface area contributed by atoms with Gasteiger partial charge in [0, 0.05) is 23.7 Å². The van der Waals surface area contributed by atoms with Crippen LogP contribution in [0.2, 0.25) is 5.02 Å². The molecule has 0 aliphatic heterocycles. The van der Waals surface area contributed by atoms with Crippen LogP contribution in [0.5, 0.6) is 0 Å². The average Bonchev–Trinajstić information content (AvgIpc) is 2.44. The van der Waals surface area contributed by atoms with Crippen LogP contribution in [0.3, 0.4) is 0 Å². The molecule has 2 N–H and O–H groups in total. The highest BCUT2D eigenvalue weighted by molar-refractivity contribution is 6.31. The summed E-state index contributed by atoms with van der Waals surface area (Å²) in [6.07, 6.45) is 0.160. The van der Waals surface area contributed by atoms with Gasteiger partial charge in [0.1, 0.15) is 0 Å². The van der Waals surface area contributed by atoms with Crippen LogP contribution in [0, 0.1) is 11.3 Å². The average molecular weight is 310 g/mol. The molecule has 0 aromatic heterocycles. The van der Waals surface area contributed by atoms with Crippen molar-refractivity contribution in [3.8, 4) is 6.07 Å². The van der Waals surface area contributed by atoms with Crippen molar-refractivity contribution in [2.45, 2.75) is 25.4 Å². The van der Waals surface area contributed by atoms with Crippen LogP contribution in [0.15, 0.2) is 24.3 Å². The van der Waals surface area contributed by atoms with Gasteiger partial charge in [0.05, 0.1) is 12.5 Å². The highest BCUT2D eigenvalue weighted by atomic mass is 35.5. The van der Waals surface area contributed by atoms with E-state index in [0.717, 1.165) is 0 Å². The Hall–Kier alpha value is -2.26. The van der Waals surface area contributed by atoms with E-state index >= 15 is 0 Å². The SMILES string of the molecule is CC(CC#N)N(C)C(=O)N[C@@H](C(=O)O)c1ccccc1Cl. The largest absolute Gasteiger partial charge is 0.479 e. The Balaban J connectivity index is 2.91. The van der Waals surface area contributed by atoms with Crippen LogP contribution < -0.4 is 5.32 Å². The zero-order valence-electron chi connectivity index (χ0n) is 11.7. The molecule has 0 radical (unpaired) electrons. The number of rotatable bonds is 5. The van der Waals surface area contributed by atoms with Crippen LogP contribution in [-0.4, -0.2) is 35.1 Å². The van der Waals surface area contributed by atoms with Gasteiger partial charge in [-0.2, -0.15) is 5.26 Å². The van der Waals surface area contributed by atoms with Crippen molar-refractivity contribution in [1.29, 1.82) is 5.26 Å². The van der Waals surface area contributed by atoms with E-state index in [-0.39, 0.29) is 17.5 Å². The summed E-state index contributed by atoms with van der Waals surface area (Å²) in [6.45, 7) is 1.70. The molecule has 21 heavy (non-hydrogen) atoms. The van der Waals surface area contributed by atoms with Crippen LogP contribution in [0.4, 0.5) is 4.79 Å². The number of nitrogens with zero attached hydrogens (tertiary/aromatic N) is 2. The van der Waals surface area contributed by atoms with Crippen LogP contribution in [0.1, 0.15) is 24.9 Å². The maximum atomic E-state index is 12.1. The van der Waals surface area contributed by atoms with Crippen molar-refractivity contribution in [3.63, 3.8) is 0 Å². The Morgan fingerprint density at radius 3 is 2.62 bits per heavy atom. The van der Waals surface area contributed by atoms with Crippen molar-refractivity contribution >= 4 is 23.6 Å². The maximum Gasteiger partial charge on any atom is 0.331 e. The molecule has 0 spiro atoms. The number of amides is 2. The van der Waals surface area contributed by atoms with E-state index in [9.17, 15) is 14.7 Å². The number of carbonyl (C=O) groups is 2. The Bertz CT molecular complexity index is 571. The molecule has 112 valence electrons. The van der Waals surface area contributed by atoms with E-state index in [1.165, 1.54) is 11.9 Å². The van der Waals surface area contributed by atoms with Crippen LogP contribution in [0.25, 0.3) is 0 Å². The highest BCUT2D eigenvalue weighted by Crippen LogP contribution is 2.23. The molecule has 1 unspecified atom stereocenters. The molecule has 0 aliphatic carbocycles. The summed E-state index contributed by atoms with van der Waals surface area (Å²) in [7, 11) is 1.50. The first-order valence-electron chi connectivity index (χ1n) is 6.26. The van der Waals surface area contributed by atoms with Crippen molar-refractivity contribution in [3.05, 3.63) is 34.9 Å². The molecule has 0 heterocycles. The molecule has 0 fully saturated rings. The first-order chi connectivity index (χ1) is 9.88. The summed E-state index contributed by atoms with van der Waals surface area (Å²) in [5.74, 6) is -1.21. The lowest BCUT2D eigenvalue weighted by molar-refractivity contribution is -0.139. The second kappa shape index (κ2) is 7.50. The summed E-state index contributed by atoms with van der Waals surface area (Å²) < 4.78 is 0. The minimum atomic E-state index is -1.25. The van der Waals surface area contributed by atoms with Crippen molar-refractivity contribution in [2.24, 2.45) is 0 Å². The van der Waals surface area contributed by atoms with E-state index in [1.54, 1.807) is 31.2 Å². The number of carbonyl (C=O) groups excluding carboxylic acids is 1. The van der Waals surface area contributed by atoms with Gasteiger partial charge < -0.3 is 15.3 Å². The molecular weight excluding hydrogens is 294 g/mol. The lowest BCUT2D eigenvalue weighted by atomic mass is 10.1. The fraction of sp³-hybridized carbons (Fsp3) is 0.357. The lowest BCUT2D eigenvalue weighted by Crippen LogP contribution is -2.45. The highest BCUT2D eigenvalue weighted by Gasteiger charge is 2.26. The van der Waals surface area contributed by atoms with Crippen molar-refractivity contribution in [2.75, 3.05) is 7.05 Å². The lowest BCUT2D eigenvalue weighted by Gasteiger charge is -2.25. The fourth-order valence-corrected chi connectivity index (χ4v) is 1.92. The number of carboxylic acids is 1. The van der Waals surface area contributed by atoms with Gasteiger partial charge in [0.25, 0.3) is 0 Å². The molecule has 0 aliphatic rings. The first-order valence-corrected chi connectivity index (χ1v) is 6.63. The van der Waals surface area contributed by atoms with Crippen LogP contribution >= 0.6 is 11.6 Å². The number of urea groups is 1. The molecule has 7 heteroatoms. The smallest absolute Gasteiger partial charge is 0.331 e. The molecule has 1 aromatic carbocycles. The Morgan fingerprint density at radius 2 is 2.10 bits per heavy atom. The normalized spacial score (nSPS) is 12.9. The van der Waals surface area contributed by atoms with Gasteiger partial charge in [-0.1, -0.05) is 29.8 Å². The van der Waals surface area contributed by atoms with Gasteiger partial charge in [0.15, 0.2) is 6.04 Å². The minimum Gasteiger partial charge on any atom is -0.479 e. The summed E-state index contributed by atoms with van der Waals surface area (Å²) >= 11 is 5.97. The Labute approximate surface area is 127 Å². The van der Waals surface area contributed by atoms with Gasteiger partial charge in [-0.3, -0.25) is 0 Å². The molecular formula is C14H16ClN3O3. The Morgan fingerprint density at radius 1 is 1.48 bits per heavy atom. The molecule has 1 aromatic rings. The maximum absolute atomic E-state index is 12.1. The third-order valence-corrected chi connectivity index (χ3v) is 3.44. The summed E-state index contributed by atoms with van der Waals surface area (Å²) in [6, 6.07) is 6.23. The third-order valence-electron chi connectivity index (χ3n) is 3.10. The molecule has 0 bridgehead atoms. The monoisotopic (exact) mass is 309 g/mol. The van der Waals surface area contributed by atoms with E-state index in [2.05, 4.69) is 5.32 Å². The molecule has 2 amide bonds. The number of halogens is 1. The van der Waals surface area contributed by atoms with Gasteiger partial charge in [-0.05, 0) is 13.0 Å². The zero-order valence-corrected chi connectivity index (χ0v) is 12.5. The van der Waals surface area contributed by atoms with E-state index in [1.807, 2.05) is 6.07 Å². The number of hydrogen-bond donors (Lipinski definition) is 2. The predicted octanol–water partition coefficient (Wildman–Crippen LogP) is 2.41. The van der Waals surface area contributed by atoms with E-state index in [0.29, 0.717) is 5.56 Å². The molecule has 6 nitrogen and oxygen atoms in total. The van der Waals surface area contributed by atoms with E-state index < -0.39 is 18.0 Å². The van der Waals surface area contributed by atoms with Crippen molar-refractivity contribution < 1.29 is 14.7 Å². The number of nitriles is 1. The second-order valence-corrected chi connectivity index (χ2v) is 4.97. The topological polar surface area (TPSA) is 93.4 Å². The number of benzene rings is 1. The number of carboxylic acid groups (broad SMARTS) is 1. The fourth-order valence-electron chi connectivity index (χ4n) is 1.68. The van der Waals surface area contributed by atoms with Gasteiger partial charge >= 0.3 is 12.0 Å². The summed E-state index contributed by atoms with van der Waals surface area (Å²) in [4.78, 5) is 24.7. The third kappa shape index (κ3) is 4.36. The number of aliphatic carboxylic acids is 1. The Kier molecular flexibility index (Phi) is 6.00. The summed E-state index contributed by atoms with van der Waals surface area (Å²) in [5, 5.41) is 20.6. The summed E-state index contributed by atoms with van der Waals surface area (Å²) in [5.41, 5.74) is 0.307. The van der Waals surface area contributed by atoms with Gasteiger partial charge in [-0.25, -0.2) is 9.59 Å². The molecule has 1 rings (SSSR count). The number of nitrogens with one attached hydrogen (secondary N) is 1. The standard InChI is InChI=1S/C14H16ClN3O3/c1-9(7-8-16)18(2)14(21)17-12(13(19)20)10-5-3-4-6-11(10)15/h3-6,9,12H,7H2,1-2H3,(H,17,21)(H,19,20)/t9?,12-/m1/s1. The first kappa shape index (κ1) is 16.8. The second-order valence-electron chi connectivity index (χ2n) is 4.56. The quantitative estimate of drug-likeness (QED) is 0.873. The van der Waals surface area contributed by atoms with Gasteiger partial charge in [0.2, 0.25) is 0 Å². The molecule has 2 atom stereocenters. The van der Waals surface area contributed by atoms with Gasteiger partial charge in [-0.15, -0.1) is 0 Å². The molecule has 0 saturated heterocycles. The predicted molar refractivity (Wildman–Crippen MR) is 77.8 cm³/mol. The molecule has 0 saturated carbocycles. The number of hydrogen-bond acceptors (Lipinski definition) is 3. The van der Waals surface area contributed by atoms with Crippen LogP contribution in [-0.2, 0) is 4.79 Å². The van der Waals surface area contributed by atoms with Crippen molar-refractivity contribution in [1.82, 2.24) is 10.2 Å².